The van der Waals surface area contributed by atoms with Gasteiger partial charge in [0.25, 0.3) is 0 Å². The zero-order valence-corrected chi connectivity index (χ0v) is 12.5. The van der Waals surface area contributed by atoms with Crippen LogP contribution in [-0.4, -0.2) is 47.3 Å². The van der Waals surface area contributed by atoms with Crippen molar-refractivity contribution >= 4 is 11.8 Å². The lowest BCUT2D eigenvalue weighted by Crippen LogP contribution is -2.38. The van der Waals surface area contributed by atoms with E-state index in [2.05, 4.69) is 9.97 Å². The van der Waals surface area contributed by atoms with E-state index in [1.54, 1.807) is 0 Å². The fraction of sp³-hybridized carbons (Fsp3) is 0.312. The lowest BCUT2D eigenvalue weighted by molar-refractivity contribution is 0.0695. The molecule has 1 aliphatic rings. The first-order chi connectivity index (χ1) is 11.2. The molecule has 1 fully saturated rings. The second-order valence-corrected chi connectivity index (χ2v) is 5.03. The molecule has 23 heavy (non-hydrogen) atoms. The van der Waals surface area contributed by atoms with Gasteiger partial charge in [0.15, 0.2) is 5.82 Å². The highest BCUT2D eigenvalue weighted by Gasteiger charge is 2.21. The molecule has 2 heterocycles. The summed E-state index contributed by atoms with van der Waals surface area (Å²) in [6.07, 6.45) is 1.34. The van der Waals surface area contributed by atoms with Gasteiger partial charge in [-0.25, -0.2) is 14.8 Å². The van der Waals surface area contributed by atoms with E-state index < -0.39 is 5.97 Å². The van der Waals surface area contributed by atoms with Gasteiger partial charge in [0, 0.05) is 19.3 Å². The summed E-state index contributed by atoms with van der Waals surface area (Å²) < 4.78 is 10.9. The van der Waals surface area contributed by atoms with Gasteiger partial charge in [0.1, 0.15) is 23.7 Å². The Morgan fingerprint density at radius 3 is 2.70 bits per heavy atom. The molecule has 7 heteroatoms. The number of rotatable bonds is 5. The summed E-state index contributed by atoms with van der Waals surface area (Å²) in [4.78, 5) is 21.8. The third kappa shape index (κ3) is 3.75. The van der Waals surface area contributed by atoms with Crippen LogP contribution < -0.4 is 9.64 Å². The topological polar surface area (TPSA) is 84.8 Å². The number of aromatic carboxylic acids is 1. The molecule has 1 N–H and O–H groups in total. The van der Waals surface area contributed by atoms with Crippen LogP contribution in [0.1, 0.15) is 16.2 Å². The summed E-state index contributed by atoms with van der Waals surface area (Å²) in [5, 5.41) is 9.33. The van der Waals surface area contributed by atoms with Crippen LogP contribution in [0.4, 0.5) is 5.82 Å². The molecule has 0 unspecified atom stereocenters. The molecule has 0 atom stereocenters. The van der Waals surface area contributed by atoms with Crippen LogP contribution in [0.2, 0.25) is 0 Å². The standard InChI is InChI=1S/C16H17N3O4/c20-16(21)13-10-17-14(11-23-12-4-2-1-3-5-12)18-15(13)19-6-8-22-9-7-19/h1-5,10H,6-9,11H2,(H,20,21). The predicted octanol–water partition coefficient (Wildman–Crippen LogP) is 1.59. The van der Waals surface area contributed by atoms with E-state index in [4.69, 9.17) is 9.47 Å². The molecule has 0 amide bonds. The fourth-order valence-corrected chi connectivity index (χ4v) is 2.31. The lowest BCUT2D eigenvalue weighted by Gasteiger charge is -2.28. The molecule has 120 valence electrons. The van der Waals surface area contributed by atoms with Gasteiger partial charge in [-0.1, -0.05) is 18.2 Å². The summed E-state index contributed by atoms with van der Waals surface area (Å²) >= 11 is 0. The molecular formula is C16H17N3O4. The number of benzene rings is 1. The van der Waals surface area contributed by atoms with Crippen molar-refractivity contribution in [3.05, 3.63) is 47.9 Å². The van der Waals surface area contributed by atoms with E-state index >= 15 is 0 Å². The van der Waals surface area contributed by atoms with Crippen LogP contribution in [-0.2, 0) is 11.3 Å². The summed E-state index contributed by atoms with van der Waals surface area (Å²) in [5.41, 5.74) is 0.0929. The first kappa shape index (κ1) is 15.2. The van der Waals surface area contributed by atoms with E-state index in [1.165, 1.54) is 6.20 Å². The first-order valence-corrected chi connectivity index (χ1v) is 7.34. The number of carboxylic acids is 1. The second-order valence-electron chi connectivity index (χ2n) is 5.03. The highest BCUT2D eigenvalue weighted by molar-refractivity contribution is 5.93. The van der Waals surface area contributed by atoms with Gasteiger partial charge < -0.3 is 19.5 Å². The number of para-hydroxylation sites is 1. The quantitative estimate of drug-likeness (QED) is 0.896. The highest BCUT2D eigenvalue weighted by atomic mass is 16.5. The molecule has 1 aromatic heterocycles. The Morgan fingerprint density at radius 1 is 1.26 bits per heavy atom. The van der Waals surface area contributed by atoms with Gasteiger partial charge in [-0.15, -0.1) is 0 Å². The van der Waals surface area contributed by atoms with Gasteiger partial charge >= 0.3 is 5.97 Å². The van der Waals surface area contributed by atoms with Crippen molar-refractivity contribution in [1.82, 2.24) is 9.97 Å². The molecule has 3 rings (SSSR count). The second kappa shape index (κ2) is 7.06. The third-order valence-corrected chi connectivity index (χ3v) is 3.47. The van der Waals surface area contributed by atoms with E-state index in [0.717, 1.165) is 0 Å². The van der Waals surface area contributed by atoms with Gasteiger partial charge in [0.2, 0.25) is 0 Å². The molecule has 0 spiro atoms. The molecule has 1 saturated heterocycles. The van der Waals surface area contributed by atoms with E-state index in [-0.39, 0.29) is 12.2 Å². The zero-order valence-electron chi connectivity index (χ0n) is 12.5. The van der Waals surface area contributed by atoms with Crippen LogP contribution in [0.25, 0.3) is 0 Å². The van der Waals surface area contributed by atoms with Gasteiger partial charge in [0.05, 0.1) is 13.2 Å². The Hall–Kier alpha value is -2.67. The smallest absolute Gasteiger partial charge is 0.341 e. The maximum Gasteiger partial charge on any atom is 0.341 e. The number of aromatic nitrogens is 2. The monoisotopic (exact) mass is 315 g/mol. The van der Waals surface area contributed by atoms with E-state index in [9.17, 15) is 9.90 Å². The number of nitrogens with zero attached hydrogens (tertiary/aromatic N) is 3. The van der Waals surface area contributed by atoms with Crippen molar-refractivity contribution in [2.45, 2.75) is 6.61 Å². The SMILES string of the molecule is O=C(O)c1cnc(COc2ccccc2)nc1N1CCOCC1. The maximum absolute atomic E-state index is 11.4. The predicted molar refractivity (Wildman–Crippen MR) is 82.8 cm³/mol. The van der Waals surface area contributed by atoms with Gasteiger partial charge in [-0.3, -0.25) is 0 Å². The number of carboxylic acid groups (broad SMARTS) is 1. The fourth-order valence-electron chi connectivity index (χ4n) is 2.31. The minimum Gasteiger partial charge on any atom is -0.486 e. The maximum atomic E-state index is 11.4. The average molecular weight is 315 g/mol. The van der Waals surface area contributed by atoms with Crippen molar-refractivity contribution in [3.8, 4) is 5.75 Å². The Morgan fingerprint density at radius 2 is 2.00 bits per heavy atom. The molecule has 0 bridgehead atoms. The van der Waals surface area contributed by atoms with Crippen LogP contribution in [0.3, 0.4) is 0 Å². The Balaban J connectivity index is 1.80. The van der Waals surface area contributed by atoms with Crippen LogP contribution in [0.15, 0.2) is 36.5 Å². The normalized spacial score (nSPS) is 14.5. The Labute approximate surface area is 133 Å². The summed E-state index contributed by atoms with van der Waals surface area (Å²) in [6, 6.07) is 9.34. The number of morpholine rings is 1. The summed E-state index contributed by atoms with van der Waals surface area (Å²) in [5.74, 6) is 0.538. The zero-order chi connectivity index (χ0) is 16.1. The number of ether oxygens (including phenoxy) is 2. The van der Waals surface area contributed by atoms with Crippen molar-refractivity contribution < 1.29 is 19.4 Å². The minimum absolute atomic E-state index is 0.0929. The molecule has 1 aromatic carbocycles. The molecule has 0 radical (unpaired) electrons. The minimum atomic E-state index is -1.04. The highest BCUT2D eigenvalue weighted by Crippen LogP contribution is 2.19. The lowest BCUT2D eigenvalue weighted by atomic mass is 10.2. The van der Waals surface area contributed by atoms with E-state index in [1.807, 2.05) is 35.2 Å². The van der Waals surface area contributed by atoms with Crippen molar-refractivity contribution in [3.63, 3.8) is 0 Å². The molecule has 2 aromatic rings. The number of carbonyl (C=O) groups is 1. The molecule has 1 aliphatic heterocycles. The van der Waals surface area contributed by atoms with Crippen molar-refractivity contribution in [2.75, 3.05) is 31.2 Å². The largest absolute Gasteiger partial charge is 0.486 e. The van der Waals surface area contributed by atoms with E-state index in [0.29, 0.717) is 43.7 Å². The third-order valence-electron chi connectivity index (χ3n) is 3.47. The average Bonchev–Trinajstić information content (AvgIpc) is 2.61. The summed E-state index contributed by atoms with van der Waals surface area (Å²) in [6.45, 7) is 2.51. The number of hydrogen-bond donors (Lipinski definition) is 1. The molecule has 7 nitrogen and oxygen atoms in total. The van der Waals surface area contributed by atoms with Crippen LogP contribution in [0.5, 0.6) is 5.75 Å². The Kier molecular flexibility index (Phi) is 4.68. The van der Waals surface area contributed by atoms with Gasteiger partial charge in [-0.05, 0) is 12.1 Å². The number of hydrogen-bond acceptors (Lipinski definition) is 6. The first-order valence-electron chi connectivity index (χ1n) is 7.34. The molecule has 0 aliphatic carbocycles. The summed E-state index contributed by atoms with van der Waals surface area (Å²) in [7, 11) is 0. The van der Waals surface area contributed by atoms with Crippen molar-refractivity contribution in [1.29, 1.82) is 0 Å². The van der Waals surface area contributed by atoms with Gasteiger partial charge in [-0.2, -0.15) is 0 Å². The van der Waals surface area contributed by atoms with Crippen LogP contribution >= 0.6 is 0 Å². The Bertz CT molecular complexity index is 672. The van der Waals surface area contributed by atoms with Crippen LogP contribution in [0, 0.1) is 0 Å². The molecular weight excluding hydrogens is 298 g/mol. The molecule has 0 saturated carbocycles. The number of anilines is 1. The van der Waals surface area contributed by atoms with Crippen molar-refractivity contribution in [2.24, 2.45) is 0 Å².